The van der Waals surface area contributed by atoms with Crippen LogP contribution in [0.3, 0.4) is 0 Å². The SMILES string of the molecule is CCC(C)NC(=O)C(C)Oc1ccc(OC)cc1CN. The third-order valence-corrected chi connectivity index (χ3v) is 3.16. The first-order valence-corrected chi connectivity index (χ1v) is 6.85. The molecule has 1 rings (SSSR count). The standard InChI is InChI=1S/C15H24N2O3/c1-5-10(2)17-15(18)11(3)20-14-7-6-13(19-4)8-12(14)9-16/h6-8,10-11H,5,9,16H2,1-4H3,(H,17,18). The molecule has 2 unspecified atom stereocenters. The normalized spacial score (nSPS) is 13.4. The largest absolute Gasteiger partial charge is 0.497 e. The third-order valence-electron chi connectivity index (χ3n) is 3.16. The summed E-state index contributed by atoms with van der Waals surface area (Å²) in [5.74, 6) is 1.20. The molecule has 0 aliphatic heterocycles. The number of nitrogens with two attached hydrogens (primary N) is 1. The molecule has 1 aromatic rings. The molecule has 5 nitrogen and oxygen atoms in total. The number of methoxy groups -OCH3 is 1. The van der Waals surface area contributed by atoms with Gasteiger partial charge >= 0.3 is 0 Å². The van der Waals surface area contributed by atoms with Gasteiger partial charge in [0, 0.05) is 18.2 Å². The monoisotopic (exact) mass is 280 g/mol. The van der Waals surface area contributed by atoms with Gasteiger partial charge in [-0.05, 0) is 38.5 Å². The van der Waals surface area contributed by atoms with E-state index in [0.29, 0.717) is 12.3 Å². The second kappa shape index (κ2) is 7.75. The minimum atomic E-state index is -0.567. The van der Waals surface area contributed by atoms with Crippen LogP contribution in [0.5, 0.6) is 11.5 Å². The maximum atomic E-state index is 11.9. The Balaban J connectivity index is 2.74. The van der Waals surface area contributed by atoms with E-state index >= 15 is 0 Å². The fourth-order valence-electron chi connectivity index (χ4n) is 1.66. The minimum absolute atomic E-state index is 0.127. The Morgan fingerprint density at radius 1 is 1.40 bits per heavy atom. The zero-order valence-corrected chi connectivity index (χ0v) is 12.6. The highest BCUT2D eigenvalue weighted by Crippen LogP contribution is 2.24. The Hall–Kier alpha value is -1.75. The molecule has 0 saturated heterocycles. The van der Waals surface area contributed by atoms with Crippen molar-refractivity contribution in [3.05, 3.63) is 23.8 Å². The van der Waals surface area contributed by atoms with Crippen LogP contribution in [0.4, 0.5) is 0 Å². The predicted octanol–water partition coefficient (Wildman–Crippen LogP) is 1.84. The van der Waals surface area contributed by atoms with Gasteiger partial charge in [-0.2, -0.15) is 0 Å². The summed E-state index contributed by atoms with van der Waals surface area (Å²) in [5.41, 5.74) is 6.50. The van der Waals surface area contributed by atoms with Crippen LogP contribution in [-0.2, 0) is 11.3 Å². The van der Waals surface area contributed by atoms with Crippen LogP contribution in [0.25, 0.3) is 0 Å². The van der Waals surface area contributed by atoms with Gasteiger partial charge in [-0.3, -0.25) is 4.79 Å². The number of nitrogens with one attached hydrogen (secondary N) is 1. The average molecular weight is 280 g/mol. The summed E-state index contributed by atoms with van der Waals surface area (Å²) in [6.45, 7) is 6.03. The van der Waals surface area contributed by atoms with Crippen LogP contribution >= 0.6 is 0 Å². The van der Waals surface area contributed by atoms with Crippen LogP contribution in [0, 0.1) is 0 Å². The number of hydrogen-bond donors (Lipinski definition) is 2. The van der Waals surface area contributed by atoms with Gasteiger partial charge in [-0.25, -0.2) is 0 Å². The smallest absolute Gasteiger partial charge is 0.260 e. The third kappa shape index (κ3) is 4.42. The highest BCUT2D eigenvalue weighted by atomic mass is 16.5. The van der Waals surface area contributed by atoms with Crippen LogP contribution in [0.15, 0.2) is 18.2 Å². The van der Waals surface area contributed by atoms with Gasteiger partial charge < -0.3 is 20.5 Å². The first-order chi connectivity index (χ1) is 9.51. The maximum absolute atomic E-state index is 11.9. The van der Waals surface area contributed by atoms with Gasteiger partial charge in [-0.15, -0.1) is 0 Å². The van der Waals surface area contributed by atoms with E-state index < -0.39 is 6.10 Å². The molecule has 2 atom stereocenters. The summed E-state index contributed by atoms with van der Waals surface area (Å²) in [5, 5.41) is 2.89. The van der Waals surface area contributed by atoms with Crippen molar-refractivity contribution in [3.63, 3.8) is 0 Å². The van der Waals surface area contributed by atoms with Crippen molar-refractivity contribution in [1.29, 1.82) is 0 Å². The summed E-state index contributed by atoms with van der Waals surface area (Å²) in [7, 11) is 1.60. The Morgan fingerprint density at radius 2 is 2.10 bits per heavy atom. The lowest BCUT2D eigenvalue weighted by molar-refractivity contribution is -0.127. The Labute approximate surface area is 120 Å². The van der Waals surface area contributed by atoms with Gasteiger partial charge in [0.15, 0.2) is 6.10 Å². The molecule has 3 N–H and O–H groups in total. The van der Waals surface area contributed by atoms with Crippen LogP contribution in [0.2, 0.25) is 0 Å². The number of amides is 1. The fourth-order valence-corrected chi connectivity index (χ4v) is 1.66. The first-order valence-electron chi connectivity index (χ1n) is 6.85. The number of ether oxygens (including phenoxy) is 2. The molecule has 20 heavy (non-hydrogen) atoms. The first kappa shape index (κ1) is 16.3. The summed E-state index contributed by atoms with van der Waals surface area (Å²) < 4.78 is 10.8. The van der Waals surface area contributed by atoms with Crippen molar-refractivity contribution >= 4 is 5.91 Å². The number of carbonyl (C=O) groups is 1. The molecule has 0 fully saturated rings. The lowest BCUT2D eigenvalue weighted by Gasteiger charge is -2.19. The summed E-state index contributed by atoms with van der Waals surface area (Å²) in [6, 6.07) is 5.51. The number of hydrogen-bond acceptors (Lipinski definition) is 4. The van der Waals surface area contributed by atoms with Crippen molar-refractivity contribution in [1.82, 2.24) is 5.32 Å². The molecule has 0 radical (unpaired) electrons. The Morgan fingerprint density at radius 3 is 2.65 bits per heavy atom. The van der Waals surface area contributed by atoms with E-state index in [1.54, 1.807) is 26.2 Å². The van der Waals surface area contributed by atoms with Crippen LogP contribution in [-0.4, -0.2) is 25.2 Å². The highest BCUT2D eigenvalue weighted by Gasteiger charge is 2.17. The van der Waals surface area contributed by atoms with Crippen molar-refractivity contribution in [2.24, 2.45) is 5.73 Å². The molecule has 0 bridgehead atoms. The summed E-state index contributed by atoms with van der Waals surface area (Å²) in [6.07, 6.45) is 0.317. The lowest BCUT2D eigenvalue weighted by Crippen LogP contribution is -2.41. The van der Waals surface area contributed by atoms with Crippen molar-refractivity contribution in [2.45, 2.75) is 45.9 Å². The molecule has 0 aliphatic rings. The van der Waals surface area contributed by atoms with Crippen molar-refractivity contribution in [2.75, 3.05) is 7.11 Å². The van der Waals surface area contributed by atoms with Crippen molar-refractivity contribution < 1.29 is 14.3 Å². The maximum Gasteiger partial charge on any atom is 0.260 e. The molecular weight excluding hydrogens is 256 g/mol. The van der Waals surface area contributed by atoms with Gasteiger partial charge in [-0.1, -0.05) is 6.92 Å². The van der Waals surface area contributed by atoms with Crippen molar-refractivity contribution in [3.8, 4) is 11.5 Å². The Kier molecular flexibility index (Phi) is 6.31. The Bertz CT molecular complexity index is 449. The molecule has 0 heterocycles. The second-order valence-corrected chi connectivity index (χ2v) is 4.76. The van der Waals surface area contributed by atoms with E-state index in [0.717, 1.165) is 17.7 Å². The molecule has 0 saturated carbocycles. The van der Waals surface area contributed by atoms with Gasteiger partial charge in [0.2, 0.25) is 0 Å². The number of rotatable bonds is 7. The van der Waals surface area contributed by atoms with Gasteiger partial charge in [0.25, 0.3) is 5.91 Å². The van der Waals surface area contributed by atoms with E-state index in [4.69, 9.17) is 15.2 Å². The zero-order chi connectivity index (χ0) is 15.1. The zero-order valence-electron chi connectivity index (χ0n) is 12.6. The topological polar surface area (TPSA) is 73.6 Å². The average Bonchev–Trinajstić information content (AvgIpc) is 2.47. The van der Waals surface area contributed by atoms with Crippen LogP contribution < -0.4 is 20.5 Å². The van der Waals surface area contributed by atoms with E-state index in [9.17, 15) is 4.79 Å². The summed E-state index contributed by atoms with van der Waals surface area (Å²) in [4.78, 5) is 11.9. The van der Waals surface area contributed by atoms with Gasteiger partial charge in [0.05, 0.1) is 7.11 Å². The molecule has 0 aliphatic carbocycles. The number of carbonyl (C=O) groups excluding carboxylic acids is 1. The quantitative estimate of drug-likeness (QED) is 0.799. The highest BCUT2D eigenvalue weighted by molar-refractivity contribution is 5.81. The van der Waals surface area contributed by atoms with E-state index in [2.05, 4.69) is 5.32 Å². The second-order valence-electron chi connectivity index (χ2n) is 4.76. The predicted molar refractivity (Wildman–Crippen MR) is 78.9 cm³/mol. The van der Waals surface area contributed by atoms with E-state index in [-0.39, 0.29) is 11.9 Å². The fraction of sp³-hybridized carbons (Fsp3) is 0.533. The molecular formula is C15H24N2O3. The molecule has 5 heteroatoms. The molecule has 1 aromatic carbocycles. The molecule has 0 spiro atoms. The lowest BCUT2D eigenvalue weighted by atomic mass is 10.2. The summed E-state index contributed by atoms with van der Waals surface area (Å²) >= 11 is 0. The van der Waals surface area contributed by atoms with Crippen LogP contribution in [0.1, 0.15) is 32.8 Å². The van der Waals surface area contributed by atoms with E-state index in [1.165, 1.54) is 0 Å². The van der Waals surface area contributed by atoms with E-state index in [1.807, 2.05) is 19.9 Å². The minimum Gasteiger partial charge on any atom is -0.497 e. The molecule has 112 valence electrons. The number of benzene rings is 1. The molecule has 0 aromatic heterocycles. The van der Waals surface area contributed by atoms with Gasteiger partial charge in [0.1, 0.15) is 11.5 Å². The molecule has 1 amide bonds.